The van der Waals surface area contributed by atoms with Crippen LogP contribution in [0.15, 0.2) is 28.7 Å². The molecule has 5 nitrogen and oxygen atoms in total. The van der Waals surface area contributed by atoms with Crippen molar-refractivity contribution in [2.45, 2.75) is 33.2 Å². The summed E-state index contributed by atoms with van der Waals surface area (Å²) in [6.07, 6.45) is 0.884. The molecule has 2 rings (SSSR count). The molecule has 1 aromatic heterocycles. The van der Waals surface area contributed by atoms with Crippen molar-refractivity contribution < 1.29 is 19.1 Å². The molecule has 5 heteroatoms. The molecule has 1 heterocycles. The van der Waals surface area contributed by atoms with Crippen molar-refractivity contribution in [3.05, 3.63) is 35.6 Å². The Morgan fingerprint density at radius 1 is 1.24 bits per heavy atom. The maximum atomic E-state index is 12.1. The quantitative estimate of drug-likeness (QED) is 0.885. The van der Waals surface area contributed by atoms with Gasteiger partial charge in [-0.2, -0.15) is 0 Å². The van der Waals surface area contributed by atoms with E-state index in [0.717, 1.165) is 6.42 Å². The topological polar surface area (TPSA) is 79.5 Å². The van der Waals surface area contributed by atoms with E-state index in [1.165, 1.54) is 12.1 Å². The number of hydrogen-bond donors (Lipinski definition) is 2. The monoisotopic (exact) mass is 289 g/mol. The zero-order chi connectivity index (χ0) is 15.6. The second-order valence-corrected chi connectivity index (χ2v) is 5.67. The van der Waals surface area contributed by atoms with Crippen molar-refractivity contribution in [3.8, 4) is 0 Å². The van der Waals surface area contributed by atoms with Crippen LogP contribution in [0.5, 0.6) is 0 Å². The van der Waals surface area contributed by atoms with Gasteiger partial charge in [0.25, 0.3) is 5.91 Å². The predicted octanol–water partition coefficient (Wildman–Crippen LogP) is 3.30. The van der Waals surface area contributed by atoms with Crippen molar-refractivity contribution in [1.29, 1.82) is 0 Å². The number of aromatic carboxylic acids is 1. The van der Waals surface area contributed by atoms with E-state index in [9.17, 15) is 9.59 Å². The highest BCUT2D eigenvalue weighted by molar-refractivity contribution is 5.98. The van der Waals surface area contributed by atoms with E-state index in [1.54, 1.807) is 12.1 Å². The third kappa shape index (κ3) is 3.62. The highest BCUT2D eigenvalue weighted by Gasteiger charge is 2.16. The highest BCUT2D eigenvalue weighted by atomic mass is 16.4. The van der Waals surface area contributed by atoms with Gasteiger partial charge in [-0.1, -0.05) is 13.8 Å². The number of rotatable bonds is 5. The van der Waals surface area contributed by atoms with E-state index in [-0.39, 0.29) is 23.3 Å². The van der Waals surface area contributed by atoms with E-state index in [4.69, 9.17) is 9.52 Å². The first kappa shape index (κ1) is 15.1. The Bertz CT molecular complexity index is 672. The second kappa shape index (κ2) is 5.99. The molecule has 0 aliphatic carbocycles. The number of fused-ring (bicyclic) bond motifs is 1. The summed E-state index contributed by atoms with van der Waals surface area (Å²) in [4.78, 5) is 23.0. The molecule has 0 aliphatic rings. The van der Waals surface area contributed by atoms with Gasteiger partial charge in [0, 0.05) is 11.4 Å². The molecular weight excluding hydrogens is 270 g/mol. The van der Waals surface area contributed by atoms with E-state index in [0.29, 0.717) is 16.9 Å². The summed E-state index contributed by atoms with van der Waals surface area (Å²) < 4.78 is 5.47. The van der Waals surface area contributed by atoms with Crippen LogP contribution in [0, 0.1) is 5.92 Å². The molecular formula is C16H19NO4. The molecule has 0 saturated carbocycles. The normalized spacial score (nSPS) is 12.6. The molecule has 2 N–H and O–H groups in total. The minimum Gasteiger partial charge on any atom is -0.478 e. The standard InChI is InChI=1S/C16H19NO4/c1-9(2)6-10(3)17-15(18)14-8-12-7-11(16(19)20)4-5-13(12)21-14/h4-5,7-10H,6H2,1-3H3,(H,17,18)(H,19,20). The Morgan fingerprint density at radius 3 is 2.57 bits per heavy atom. The molecule has 1 aromatic carbocycles. The molecule has 21 heavy (non-hydrogen) atoms. The number of nitrogens with one attached hydrogen (secondary N) is 1. The lowest BCUT2D eigenvalue weighted by atomic mass is 10.1. The molecule has 0 bridgehead atoms. The Hall–Kier alpha value is -2.30. The van der Waals surface area contributed by atoms with E-state index in [2.05, 4.69) is 19.2 Å². The van der Waals surface area contributed by atoms with Crippen LogP contribution in [0.25, 0.3) is 11.0 Å². The SMILES string of the molecule is CC(C)CC(C)NC(=O)c1cc2cc(C(=O)O)ccc2o1. The molecule has 1 unspecified atom stereocenters. The van der Waals surface area contributed by atoms with Crippen molar-refractivity contribution in [3.63, 3.8) is 0 Å². The lowest BCUT2D eigenvalue weighted by Gasteiger charge is -2.14. The first-order valence-corrected chi connectivity index (χ1v) is 6.94. The summed E-state index contributed by atoms with van der Waals surface area (Å²) in [6.45, 7) is 6.14. The predicted molar refractivity (Wildman–Crippen MR) is 79.6 cm³/mol. The van der Waals surface area contributed by atoms with Gasteiger partial charge in [-0.25, -0.2) is 4.79 Å². The van der Waals surface area contributed by atoms with Gasteiger partial charge in [-0.3, -0.25) is 4.79 Å². The van der Waals surface area contributed by atoms with Gasteiger partial charge in [0.1, 0.15) is 5.58 Å². The maximum Gasteiger partial charge on any atom is 0.335 e. The number of amides is 1. The summed E-state index contributed by atoms with van der Waals surface area (Å²) in [7, 11) is 0. The Labute approximate surface area is 122 Å². The van der Waals surface area contributed by atoms with Gasteiger partial charge in [0.05, 0.1) is 5.56 Å². The van der Waals surface area contributed by atoms with E-state index < -0.39 is 5.97 Å². The molecule has 0 aliphatic heterocycles. The summed E-state index contributed by atoms with van der Waals surface area (Å²) >= 11 is 0. The van der Waals surface area contributed by atoms with Gasteiger partial charge >= 0.3 is 5.97 Å². The number of hydrogen-bond acceptors (Lipinski definition) is 3. The molecule has 1 atom stereocenters. The molecule has 2 aromatic rings. The third-order valence-corrected chi connectivity index (χ3v) is 3.19. The van der Waals surface area contributed by atoms with Crippen LogP contribution >= 0.6 is 0 Å². The van der Waals surface area contributed by atoms with Crippen LogP contribution in [-0.4, -0.2) is 23.0 Å². The first-order valence-electron chi connectivity index (χ1n) is 6.94. The third-order valence-electron chi connectivity index (χ3n) is 3.19. The van der Waals surface area contributed by atoms with E-state index >= 15 is 0 Å². The summed E-state index contributed by atoms with van der Waals surface area (Å²) in [6, 6.07) is 6.14. The summed E-state index contributed by atoms with van der Waals surface area (Å²) in [5, 5.41) is 12.4. The number of carboxylic acids is 1. The average Bonchev–Trinajstić information content (AvgIpc) is 2.80. The fourth-order valence-corrected chi connectivity index (χ4v) is 2.35. The van der Waals surface area contributed by atoms with Crippen LogP contribution < -0.4 is 5.32 Å². The van der Waals surface area contributed by atoms with Crippen molar-refractivity contribution in [1.82, 2.24) is 5.32 Å². The van der Waals surface area contributed by atoms with Crippen molar-refractivity contribution in [2.75, 3.05) is 0 Å². The second-order valence-electron chi connectivity index (χ2n) is 5.67. The molecule has 1 amide bonds. The Kier molecular flexibility index (Phi) is 4.31. The van der Waals surface area contributed by atoms with E-state index in [1.807, 2.05) is 6.92 Å². The molecule has 112 valence electrons. The van der Waals surface area contributed by atoms with Crippen molar-refractivity contribution in [2.24, 2.45) is 5.92 Å². The van der Waals surface area contributed by atoms with Crippen molar-refractivity contribution >= 4 is 22.8 Å². The molecule has 0 saturated heterocycles. The Balaban J connectivity index is 2.18. The van der Waals surface area contributed by atoms with Gasteiger partial charge in [-0.05, 0) is 43.5 Å². The minimum absolute atomic E-state index is 0.0558. The fourth-order valence-electron chi connectivity index (χ4n) is 2.35. The fraction of sp³-hybridized carbons (Fsp3) is 0.375. The van der Waals surface area contributed by atoms with Crippen LogP contribution in [0.1, 0.15) is 48.1 Å². The average molecular weight is 289 g/mol. The first-order chi connectivity index (χ1) is 9.86. The van der Waals surface area contributed by atoms with Crippen LogP contribution in [0.2, 0.25) is 0 Å². The zero-order valence-electron chi connectivity index (χ0n) is 12.3. The lowest BCUT2D eigenvalue weighted by Crippen LogP contribution is -2.33. The molecule has 0 fully saturated rings. The van der Waals surface area contributed by atoms with Gasteiger partial charge in [-0.15, -0.1) is 0 Å². The van der Waals surface area contributed by atoms with Crippen LogP contribution in [-0.2, 0) is 0 Å². The van der Waals surface area contributed by atoms with Gasteiger partial charge in [0.15, 0.2) is 5.76 Å². The van der Waals surface area contributed by atoms with Gasteiger partial charge in [0.2, 0.25) is 0 Å². The summed E-state index contributed by atoms with van der Waals surface area (Å²) in [5.41, 5.74) is 0.671. The van der Waals surface area contributed by atoms with Gasteiger partial charge < -0.3 is 14.8 Å². The number of carbonyl (C=O) groups excluding carboxylic acids is 1. The molecule has 0 spiro atoms. The number of carbonyl (C=O) groups is 2. The number of furan rings is 1. The van der Waals surface area contributed by atoms with Crippen LogP contribution in [0.3, 0.4) is 0 Å². The zero-order valence-corrected chi connectivity index (χ0v) is 12.3. The maximum absolute atomic E-state index is 12.1. The number of carboxylic acid groups (broad SMARTS) is 1. The minimum atomic E-state index is -1.00. The summed E-state index contributed by atoms with van der Waals surface area (Å²) in [5.74, 6) is -0.594. The largest absolute Gasteiger partial charge is 0.478 e. The molecule has 0 radical (unpaired) electrons. The van der Waals surface area contributed by atoms with Crippen LogP contribution in [0.4, 0.5) is 0 Å². The lowest BCUT2D eigenvalue weighted by molar-refractivity contribution is 0.0696. The highest BCUT2D eigenvalue weighted by Crippen LogP contribution is 2.21. The Morgan fingerprint density at radius 2 is 1.95 bits per heavy atom. The number of benzene rings is 1. The smallest absolute Gasteiger partial charge is 0.335 e.